The minimum Gasteiger partial charge on any atom is -0.456 e. The fraction of sp³-hybridized carbons (Fsp3) is 0. The van der Waals surface area contributed by atoms with E-state index in [1.165, 1.54) is 0 Å². The molecule has 1 heterocycles. The minimum atomic E-state index is -0.390. The van der Waals surface area contributed by atoms with Gasteiger partial charge >= 0.3 is 0 Å². The number of furan rings is 1. The second-order valence-electron chi connectivity index (χ2n) is 10.5. The lowest BCUT2D eigenvalue weighted by atomic mass is 9.86. The van der Waals surface area contributed by atoms with Gasteiger partial charge in [0.25, 0.3) is 0 Å². The summed E-state index contributed by atoms with van der Waals surface area (Å²) in [6, 6.07) is 38.0. The molecule has 0 amide bonds. The standard InChI is InChI=1S/C40H24O/c1-3-8-25(9-4-1)29-18-23-35-37(24-29)41-36-13-7-12-32(40(35)36)31-20-15-28-16-21-33-30(26-10-5-2-6-11-26)19-14-27-17-22-34(31)39(28)38(27)33/h1-24H/i2D,5D,6D,10D,11D. The van der Waals surface area contributed by atoms with Crippen LogP contribution in [0.5, 0.6) is 0 Å². The van der Waals surface area contributed by atoms with Crippen LogP contribution >= 0.6 is 0 Å². The largest absolute Gasteiger partial charge is 0.456 e. The number of hydrogen-bond acceptors (Lipinski definition) is 1. The fourth-order valence-corrected chi connectivity index (χ4v) is 6.50. The molecule has 0 fully saturated rings. The molecule has 9 rings (SSSR count). The number of fused-ring (bicyclic) bond motifs is 3. The first-order valence-corrected chi connectivity index (χ1v) is 13.7. The Morgan fingerprint density at radius 3 is 1.88 bits per heavy atom. The van der Waals surface area contributed by atoms with Crippen molar-refractivity contribution >= 4 is 54.3 Å². The molecule has 0 saturated carbocycles. The summed E-state index contributed by atoms with van der Waals surface area (Å²) >= 11 is 0. The van der Waals surface area contributed by atoms with Crippen molar-refractivity contribution in [2.24, 2.45) is 0 Å². The molecule has 0 unspecified atom stereocenters. The average molecular weight is 526 g/mol. The molecule has 0 bridgehead atoms. The van der Waals surface area contributed by atoms with Gasteiger partial charge in [0.1, 0.15) is 11.2 Å². The van der Waals surface area contributed by atoms with Crippen LogP contribution in [0.25, 0.3) is 87.6 Å². The van der Waals surface area contributed by atoms with Crippen LogP contribution in [0.1, 0.15) is 6.85 Å². The second-order valence-corrected chi connectivity index (χ2v) is 10.5. The van der Waals surface area contributed by atoms with Crippen LogP contribution in [-0.2, 0) is 0 Å². The van der Waals surface area contributed by atoms with E-state index >= 15 is 0 Å². The van der Waals surface area contributed by atoms with E-state index in [4.69, 9.17) is 11.3 Å². The third-order valence-corrected chi connectivity index (χ3v) is 8.33. The summed E-state index contributed by atoms with van der Waals surface area (Å²) in [5.74, 6) is 0. The summed E-state index contributed by atoms with van der Waals surface area (Å²) in [5, 5.41) is 8.25. The highest BCUT2D eigenvalue weighted by atomic mass is 16.3. The van der Waals surface area contributed by atoms with Gasteiger partial charge in [0.2, 0.25) is 0 Å². The van der Waals surface area contributed by atoms with Gasteiger partial charge in [-0.1, -0.05) is 127 Å². The van der Waals surface area contributed by atoms with E-state index in [9.17, 15) is 0 Å². The molecule has 0 aliphatic carbocycles. The van der Waals surface area contributed by atoms with Crippen LogP contribution in [0.3, 0.4) is 0 Å². The molecular formula is C40H24O. The molecule has 9 aromatic rings. The molecule has 1 aromatic heterocycles. The zero-order valence-electron chi connectivity index (χ0n) is 26.9. The van der Waals surface area contributed by atoms with Crippen molar-refractivity contribution in [1.29, 1.82) is 0 Å². The third-order valence-electron chi connectivity index (χ3n) is 8.33. The van der Waals surface area contributed by atoms with Crippen LogP contribution in [0.4, 0.5) is 0 Å². The Morgan fingerprint density at radius 2 is 1.10 bits per heavy atom. The summed E-state index contributed by atoms with van der Waals surface area (Å²) in [5.41, 5.74) is 6.90. The summed E-state index contributed by atoms with van der Waals surface area (Å²) in [6.45, 7) is 0. The Balaban J connectivity index is 1.31. The van der Waals surface area contributed by atoms with Gasteiger partial charge in [-0.15, -0.1) is 0 Å². The molecule has 0 atom stereocenters. The third kappa shape index (κ3) is 3.30. The smallest absolute Gasteiger partial charge is 0.136 e. The quantitative estimate of drug-likeness (QED) is 0.209. The molecule has 0 saturated heterocycles. The number of rotatable bonds is 3. The lowest BCUT2D eigenvalue weighted by Gasteiger charge is -2.17. The zero-order valence-corrected chi connectivity index (χ0v) is 21.9. The van der Waals surface area contributed by atoms with Gasteiger partial charge in [-0.3, -0.25) is 0 Å². The van der Waals surface area contributed by atoms with E-state index in [-0.39, 0.29) is 29.7 Å². The maximum Gasteiger partial charge on any atom is 0.136 e. The Labute approximate surface area is 244 Å². The average Bonchev–Trinajstić information content (AvgIpc) is 3.48. The van der Waals surface area contributed by atoms with Crippen LogP contribution in [0.15, 0.2) is 150 Å². The van der Waals surface area contributed by atoms with Crippen molar-refractivity contribution in [2.75, 3.05) is 0 Å². The molecule has 0 aliphatic rings. The van der Waals surface area contributed by atoms with E-state index in [1.807, 2.05) is 48.5 Å². The van der Waals surface area contributed by atoms with Crippen molar-refractivity contribution in [3.63, 3.8) is 0 Å². The first-order chi connectivity index (χ1) is 22.4. The lowest BCUT2D eigenvalue weighted by molar-refractivity contribution is 0.669. The van der Waals surface area contributed by atoms with Gasteiger partial charge in [-0.2, -0.15) is 0 Å². The van der Waals surface area contributed by atoms with Crippen LogP contribution < -0.4 is 0 Å². The SMILES string of the molecule is [2H]c1c([2H])c([2H])c(-c2ccc3ccc4c(-c5cccc6oc7cc(-c8ccccc8)ccc7c56)ccc5ccc2c3c54)c([2H])c1[2H]. The Hall–Kier alpha value is -5.40. The summed E-state index contributed by atoms with van der Waals surface area (Å²) in [4.78, 5) is 0. The Morgan fingerprint density at radius 1 is 0.415 bits per heavy atom. The highest BCUT2D eigenvalue weighted by molar-refractivity contribution is 6.28. The van der Waals surface area contributed by atoms with Crippen LogP contribution in [0.2, 0.25) is 0 Å². The first-order valence-electron chi connectivity index (χ1n) is 16.2. The molecule has 41 heavy (non-hydrogen) atoms. The minimum absolute atomic E-state index is 0.198. The monoisotopic (exact) mass is 525 g/mol. The van der Waals surface area contributed by atoms with Crippen LogP contribution in [-0.4, -0.2) is 0 Å². The van der Waals surface area contributed by atoms with E-state index in [0.29, 0.717) is 5.56 Å². The normalized spacial score (nSPS) is 13.6. The van der Waals surface area contributed by atoms with Crippen molar-refractivity contribution < 1.29 is 11.3 Å². The summed E-state index contributed by atoms with van der Waals surface area (Å²) in [6.07, 6.45) is 0. The zero-order chi connectivity index (χ0) is 31.3. The van der Waals surface area contributed by atoms with Gasteiger partial charge in [0.15, 0.2) is 0 Å². The molecule has 1 heteroatoms. The molecule has 0 aliphatic heterocycles. The van der Waals surface area contributed by atoms with Crippen molar-refractivity contribution in [2.45, 2.75) is 0 Å². The van der Waals surface area contributed by atoms with Gasteiger partial charge < -0.3 is 4.42 Å². The van der Waals surface area contributed by atoms with Gasteiger partial charge in [0, 0.05) is 10.8 Å². The molecule has 1 nitrogen and oxygen atoms in total. The molecule has 0 spiro atoms. The number of hydrogen-bond donors (Lipinski definition) is 0. The van der Waals surface area contributed by atoms with Crippen LogP contribution in [0, 0.1) is 0 Å². The second kappa shape index (κ2) is 8.55. The summed E-state index contributed by atoms with van der Waals surface area (Å²) in [7, 11) is 0. The number of benzene rings is 8. The van der Waals surface area contributed by atoms with Crippen molar-refractivity contribution in [1.82, 2.24) is 0 Å². The highest BCUT2D eigenvalue weighted by Crippen LogP contribution is 2.45. The predicted octanol–water partition coefficient (Wildman–Crippen LogP) is 11.5. The Kier molecular flexibility index (Phi) is 3.76. The molecule has 0 N–H and O–H groups in total. The van der Waals surface area contributed by atoms with Gasteiger partial charge in [0.05, 0.1) is 6.85 Å². The van der Waals surface area contributed by atoms with E-state index in [2.05, 4.69) is 66.7 Å². The lowest BCUT2D eigenvalue weighted by Crippen LogP contribution is -1.89. The molecule has 0 radical (unpaired) electrons. The van der Waals surface area contributed by atoms with E-state index in [0.717, 1.165) is 76.5 Å². The maximum atomic E-state index is 8.66. The Bertz CT molecular complexity index is 2660. The molecular weight excluding hydrogens is 496 g/mol. The molecule has 190 valence electrons. The van der Waals surface area contributed by atoms with E-state index in [1.54, 1.807) is 0 Å². The predicted molar refractivity (Wildman–Crippen MR) is 174 cm³/mol. The topological polar surface area (TPSA) is 13.1 Å². The van der Waals surface area contributed by atoms with Crippen molar-refractivity contribution in [3.8, 4) is 33.4 Å². The molecule has 8 aromatic carbocycles. The summed E-state index contributed by atoms with van der Waals surface area (Å²) < 4.78 is 48.4. The van der Waals surface area contributed by atoms with Gasteiger partial charge in [-0.25, -0.2) is 0 Å². The first kappa shape index (κ1) is 18.0. The van der Waals surface area contributed by atoms with Gasteiger partial charge in [-0.05, 0) is 83.9 Å². The highest BCUT2D eigenvalue weighted by Gasteiger charge is 2.18. The van der Waals surface area contributed by atoms with Crippen molar-refractivity contribution in [3.05, 3.63) is 145 Å². The fourth-order valence-electron chi connectivity index (χ4n) is 6.50. The maximum absolute atomic E-state index is 8.66. The van der Waals surface area contributed by atoms with E-state index < -0.39 is 6.04 Å².